The molecule has 0 fully saturated rings. The highest BCUT2D eigenvalue weighted by atomic mass is 35.5. The second kappa shape index (κ2) is 5.83. The molecule has 3 nitrogen and oxygen atoms in total. The SMILES string of the molecule is CCC(COC)Nc1c(N)cccc1Cl. The van der Waals surface area contributed by atoms with E-state index in [1.165, 1.54) is 0 Å². The van der Waals surface area contributed by atoms with E-state index in [1.54, 1.807) is 7.11 Å². The Morgan fingerprint density at radius 1 is 1.53 bits per heavy atom. The zero-order valence-electron chi connectivity index (χ0n) is 9.09. The summed E-state index contributed by atoms with van der Waals surface area (Å²) in [7, 11) is 1.68. The molecule has 0 spiro atoms. The standard InChI is InChI=1S/C11H17ClN2O/c1-3-8(7-15-2)14-11-9(12)5-4-6-10(11)13/h4-6,8,14H,3,7,13H2,1-2H3. The van der Waals surface area contributed by atoms with Crippen molar-refractivity contribution in [3.63, 3.8) is 0 Å². The molecule has 1 rings (SSSR count). The monoisotopic (exact) mass is 228 g/mol. The van der Waals surface area contributed by atoms with E-state index in [0.29, 0.717) is 17.3 Å². The predicted molar refractivity (Wildman–Crippen MR) is 65.4 cm³/mol. The van der Waals surface area contributed by atoms with Crippen molar-refractivity contribution in [1.29, 1.82) is 0 Å². The summed E-state index contributed by atoms with van der Waals surface area (Å²) in [5.41, 5.74) is 7.29. The first kappa shape index (κ1) is 12.1. The molecular formula is C11H17ClN2O. The van der Waals surface area contributed by atoms with Crippen LogP contribution >= 0.6 is 11.6 Å². The Hall–Kier alpha value is -0.930. The van der Waals surface area contributed by atoms with Crippen molar-refractivity contribution < 1.29 is 4.74 Å². The molecular weight excluding hydrogens is 212 g/mol. The number of para-hydroxylation sites is 1. The zero-order valence-corrected chi connectivity index (χ0v) is 9.84. The van der Waals surface area contributed by atoms with Gasteiger partial charge < -0.3 is 15.8 Å². The van der Waals surface area contributed by atoms with Gasteiger partial charge >= 0.3 is 0 Å². The van der Waals surface area contributed by atoms with Gasteiger partial charge in [0.05, 0.1) is 23.0 Å². The molecule has 1 atom stereocenters. The molecule has 4 heteroatoms. The summed E-state index contributed by atoms with van der Waals surface area (Å²) in [6.07, 6.45) is 0.957. The number of nitrogens with two attached hydrogens (primary N) is 1. The van der Waals surface area contributed by atoms with E-state index in [-0.39, 0.29) is 6.04 Å². The van der Waals surface area contributed by atoms with Gasteiger partial charge in [-0.3, -0.25) is 0 Å². The average molecular weight is 229 g/mol. The Labute approximate surface area is 95.6 Å². The fourth-order valence-corrected chi connectivity index (χ4v) is 1.60. The number of anilines is 2. The summed E-state index contributed by atoms with van der Waals surface area (Å²) in [6, 6.07) is 5.71. The van der Waals surface area contributed by atoms with Crippen LogP contribution in [0.15, 0.2) is 18.2 Å². The molecule has 0 aliphatic carbocycles. The molecule has 0 aliphatic rings. The van der Waals surface area contributed by atoms with Gasteiger partial charge in [0, 0.05) is 13.2 Å². The highest BCUT2D eigenvalue weighted by molar-refractivity contribution is 6.33. The Bertz CT molecular complexity index is 297. The van der Waals surface area contributed by atoms with Gasteiger partial charge in [0.15, 0.2) is 0 Å². The molecule has 0 saturated carbocycles. The molecule has 0 radical (unpaired) electrons. The summed E-state index contributed by atoms with van der Waals surface area (Å²) in [4.78, 5) is 0. The maximum atomic E-state index is 6.05. The van der Waals surface area contributed by atoms with Crippen LogP contribution < -0.4 is 11.1 Å². The molecule has 0 aromatic heterocycles. The molecule has 0 heterocycles. The van der Waals surface area contributed by atoms with Crippen LogP contribution in [0.1, 0.15) is 13.3 Å². The molecule has 0 amide bonds. The van der Waals surface area contributed by atoms with Crippen LogP contribution in [-0.4, -0.2) is 19.8 Å². The number of rotatable bonds is 5. The van der Waals surface area contributed by atoms with E-state index in [1.807, 2.05) is 18.2 Å². The second-order valence-electron chi connectivity index (χ2n) is 3.41. The van der Waals surface area contributed by atoms with Crippen LogP contribution in [0.4, 0.5) is 11.4 Å². The number of methoxy groups -OCH3 is 1. The van der Waals surface area contributed by atoms with Crippen LogP contribution in [0.5, 0.6) is 0 Å². The second-order valence-corrected chi connectivity index (χ2v) is 3.82. The predicted octanol–water partition coefficient (Wildman–Crippen LogP) is 2.76. The van der Waals surface area contributed by atoms with Crippen molar-refractivity contribution in [2.45, 2.75) is 19.4 Å². The average Bonchev–Trinajstić information content (AvgIpc) is 2.22. The number of benzene rings is 1. The number of ether oxygens (including phenoxy) is 1. The van der Waals surface area contributed by atoms with Gasteiger partial charge in [-0.05, 0) is 18.6 Å². The molecule has 0 bridgehead atoms. The molecule has 1 unspecified atom stereocenters. The largest absolute Gasteiger partial charge is 0.397 e. The van der Waals surface area contributed by atoms with Crippen molar-refractivity contribution in [3.8, 4) is 0 Å². The minimum absolute atomic E-state index is 0.234. The fourth-order valence-electron chi connectivity index (χ4n) is 1.36. The third kappa shape index (κ3) is 3.29. The number of halogens is 1. The number of nitrogen functional groups attached to an aromatic ring is 1. The van der Waals surface area contributed by atoms with E-state index in [4.69, 9.17) is 22.1 Å². The van der Waals surface area contributed by atoms with E-state index in [9.17, 15) is 0 Å². The molecule has 15 heavy (non-hydrogen) atoms. The van der Waals surface area contributed by atoms with Gasteiger partial charge in [-0.25, -0.2) is 0 Å². The van der Waals surface area contributed by atoms with Gasteiger partial charge in [-0.15, -0.1) is 0 Å². The Morgan fingerprint density at radius 2 is 2.27 bits per heavy atom. The van der Waals surface area contributed by atoms with E-state index >= 15 is 0 Å². The van der Waals surface area contributed by atoms with Crippen molar-refractivity contribution in [3.05, 3.63) is 23.2 Å². The third-order valence-electron chi connectivity index (χ3n) is 2.25. The number of hydrogen-bond acceptors (Lipinski definition) is 3. The highest BCUT2D eigenvalue weighted by Crippen LogP contribution is 2.28. The van der Waals surface area contributed by atoms with Crippen LogP contribution in [0.3, 0.4) is 0 Å². The Kier molecular flexibility index (Phi) is 4.72. The van der Waals surface area contributed by atoms with E-state index < -0.39 is 0 Å². The fraction of sp³-hybridized carbons (Fsp3) is 0.455. The van der Waals surface area contributed by atoms with Crippen LogP contribution in [-0.2, 0) is 4.74 Å². The normalized spacial score (nSPS) is 12.5. The first-order valence-corrected chi connectivity index (χ1v) is 5.36. The van der Waals surface area contributed by atoms with Gasteiger partial charge in [0.2, 0.25) is 0 Å². The maximum Gasteiger partial charge on any atom is 0.0766 e. The molecule has 84 valence electrons. The molecule has 1 aromatic rings. The molecule has 0 aliphatic heterocycles. The lowest BCUT2D eigenvalue weighted by molar-refractivity contribution is 0.184. The Morgan fingerprint density at radius 3 is 2.80 bits per heavy atom. The van der Waals surface area contributed by atoms with Crippen molar-refractivity contribution >= 4 is 23.0 Å². The van der Waals surface area contributed by atoms with Crippen LogP contribution in [0.2, 0.25) is 5.02 Å². The maximum absolute atomic E-state index is 6.05. The van der Waals surface area contributed by atoms with E-state index in [0.717, 1.165) is 12.1 Å². The lowest BCUT2D eigenvalue weighted by Crippen LogP contribution is -2.24. The van der Waals surface area contributed by atoms with Gasteiger partial charge in [-0.1, -0.05) is 24.6 Å². The number of nitrogens with one attached hydrogen (secondary N) is 1. The van der Waals surface area contributed by atoms with Gasteiger partial charge in [-0.2, -0.15) is 0 Å². The van der Waals surface area contributed by atoms with Crippen LogP contribution in [0.25, 0.3) is 0 Å². The van der Waals surface area contributed by atoms with Gasteiger partial charge in [0.25, 0.3) is 0 Å². The lowest BCUT2D eigenvalue weighted by Gasteiger charge is -2.19. The smallest absolute Gasteiger partial charge is 0.0766 e. The minimum Gasteiger partial charge on any atom is -0.397 e. The zero-order chi connectivity index (χ0) is 11.3. The van der Waals surface area contributed by atoms with Crippen molar-refractivity contribution in [2.24, 2.45) is 0 Å². The first-order valence-electron chi connectivity index (χ1n) is 4.98. The van der Waals surface area contributed by atoms with Crippen LogP contribution in [0, 0.1) is 0 Å². The first-order chi connectivity index (χ1) is 7.19. The summed E-state index contributed by atoms with van der Waals surface area (Å²) >= 11 is 6.05. The molecule has 1 aromatic carbocycles. The van der Waals surface area contributed by atoms with Crippen molar-refractivity contribution in [2.75, 3.05) is 24.8 Å². The quantitative estimate of drug-likeness (QED) is 0.762. The van der Waals surface area contributed by atoms with E-state index in [2.05, 4.69) is 12.2 Å². The number of hydrogen-bond donors (Lipinski definition) is 2. The van der Waals surface area contributed by atoms with Crippen molar-refractivity contribution in [1.82, 2.24) is 0 Å². The topological polar surface area (TPSA) is 47.3 Å². The molecule has 0 saturated heterocycles. The van der Waals surface area contributed by atoms with Gasteiger partial charge in [0.1, 0.15) is 0 Å². The summed E-state index contributed by atoms with van der Waals surface area (Å²) in [5.74, 6) is 0. The minimum atomic E-state index is 0.234. The Balaban J connectivity index is 2.78. The summed E-state index contributed by atoms with van der Waals surface area (Å²) in [6.45, 7) is 2.73. The highest BCUT2D eigenvalue weighted by Gasteiger charge is 2.10. The lowest BCUT2D eigenvalue weighted by atomic mass is 10.2. The summed E-state index contributed by atoms with van der Waals surface area (Å²) in [5, 5.41) is 3.93. The molecule has 3 N–H and O–H groups in total. The summed E-state index contributed by atoms with van der Waals surface area (Å²) < 4.78 is 5.10. The third-order valence-corrected chi connectivity index (χ3v) is 2.57.